The van der Waals surface area contributed by atoms with Gasteiger partial charge in [-0.05, 0) is 63.1 Å². The summed E-state index contributed by atoms with van der Waals surface area (Å²) in [5.41, 5.74) is 0.502. The van der Waals surface area contributed by atoms with Crippen molar-refractivity contribution in [3.63, 3.8) is 0 Å². The van der Waals surface area contributed by atoms with Crippen molar-refractivity contribution in [2.24, 2.45) is 0 Å². The predicted octanol–water partition coefficient (Wildman–Crippen LogP) is 3.66. The van der Waals surface area contributed by atoms with E-state index in [9.17, 15) is 14.3 Å². The van der Waals surface area contributed by atoms with E-state index in [0.29, 0.717) is 30.2 Å². The van der Waals surface area contributed by atoms with Gasteiger partial charge in [-0.2, -0.15) is 0 Å². The molecule has 0 saturated carbocycles. The molecule has 0 amide bonds. The number of rotatable bonds is 7. The van der Waals surface area contributed by atoms with E-state index in [2.05, 4.69) is 4.90 Å². The van der Waals surface area contributed by atoms with Crippen LogP contribution >= 0.6 is 0 Å². The first-order valence-electron chi connectivity index (χ1n) is 9.55. The Labute approximate surface area is 164 Å². The van der Waals surface area contributed by atoms with Gasteiger partial charge in [0, 0.05) is 13.1 Å². The number of piperidine rings is 1. The Balaban J connectivity index is 1.62. The van der Waals surface area contributed by atoms with Crippen molar-refractivity contribution in [1.82, 2.24) is 4.90 Å². The van der Waals surface area contributed by atoms with Gasteiger partial charge >= 0.3 is 0 Å². The Morgan fingerprint density at radius 3 is 2.39 bits per heavy atom. The molecule has 6 heteroatoms. The molecule has 1 heterocycles. The average Bonchev–Trinajstić information content (AvgIpc) is 2.68. The third-order valence-corrected chi connectivity index (χ3v) is 4.88. The van der Waals surface area contributed by atoms with Crippen molar-refractivity contribution in [3.8, 4) is 11.5 Å². The summed E-state index contributed by atoms with van der Waals surface area (Å²) in [5.74, 6) is 0.764. The number of ketones is 1. The average molecular weight is 387 g/mol. The zero-order valence-corrected chi connectivity index (χ0v) is 16.2. The maximum Gasteiger partial charge on any atom is 0.178 e. The predicted molar refractivity (Wildman–Crippen MR) is 104 cm³/mol. The number of carbonyl (C=O) groups excluding carboxylic acids is 1. The summed E-state index contributed by atoms with van der Waals surface area (Å²) >= 11 is 0. The SMILES string of the molecule is CC(=O)c1ccccc1OC(C(C)O)N1CCC(Oc2ccc(F)cc2)CC1. The second-order valence-electron chi connectivity index (χ2n) is 7.11. The first-order valence-corrected chi connectivity index (χ1v) is 9.55. The van der Waals surface area contributed by atoms with Gasteiger partial charge in [0.1, 0.15) is 29.5 Å². The van der Waals surface area contributed by atoms with Crippen molar-refractivity contribution >= 4 is 5.78 Å². The number of benzene rings is 2. The number of ether oxygens (including phenoxy) is 2. The number of hydrogen-bond acceptors (Lipinski definition) is 5. The second kappa shape index (κ2) is 9.17. The van der Waals surface area contributed by atoms with E-state index in [4.69, 9.17) is 9.47 Å². The van der Waals surface area contributed by atoms with Gasteiger partial charge in [-0.1, -0.05) is 12.1 Å². The van der Waals surface area contributed by atoms with Crippen molar-refractivity contribution in [2.45, 2.75) is 45.1 Å². The van der Waals surface area contributed by atoms with Crippen LogP contribution in [0, 0.1) is 5.82 Å². The van der Waals surface area contributed by atoms with Crippen LogP contribution in [-0.2, 0) is 0 Å². The number of Topliss-reactive ketones (excluding diaryl/α,β-unsaturated/α-hetero) is 1. The molecule has 1 fully saturated rings. The van der Waals surface area contributed by atoms with E-state index in [1.165, 1.54) is 19.1 Å². The molecule has 28 heavy (non-hydrogen) atoms. The molecule has 1 aliphatic rings. The fourth-order valence-corrected chi connectivity index (χ4v) is 3.42. The van der Waals surface area contributed by atoms with Gasteiger partial charge in [0.15, 0.2) is 12.0 Å². The summed E-state index contributed by atoms with van der Waals surface area (Å²) in [6.45, 7) is 4.55. The normalized spacial score (nSPS) is 17.7. The topological polar surface area (TPSA) is 59.0 Å². The highest BCUT2D eigenvalue weighted by Crippen LogP contribution is 2.25. The molecule has 150 valence electrons. The Hall–Kier alpha value is -2.44. The molecule has 2 unspecified atom stereocenters. The van der Waals surface area contributed by atoms with Gasteiger partial charge in [0.25, 0.3) is 0 Å². The van der Waals surface area contributed by atoms with Crippen molar-refractivity contribution in [3.05, 3.63) is 59.9 Å². The molecule has 1 aliphatic heterocycles. The molecular formula is C22H26FNO4. The van der Waals surface area contributed by atoms with Crippen LogP contribution in [0.5, 0.6) is 11.5 Å². The number of para-hydroxylation sites is 1. The van der Waals surface area contributed by atoms with E-state index < -0.39 is 12.3 Å². The molecule has 1 saturated heterocycles. The van der Waals surface area contributed by atoms with Gasteiger partial charge < -0.3 is 14.6 Å². The van der Waals surface area contributed by atoms with Crippen LogP contribution in [-0.4, -0.2) is 47.3 Å². The Bertz CT molecular complexity index is 785. The number of nitrogens with zero attached hydrogens (tertiary/aromatic N) is 1. The number of halogens is 1. The molecule has 2 aromatic rings. The van der Waals surface area contributed by atoms with Gasteiger partial charge in [0.2, 0.25) is 0 Å². The lowest BCUT2D eigenvalue weighted by atomic mass is 10.1. The molecule has 2 atom stereocenters. The van der Waals surface area contributed by atoms with Crippen LogP contribution in [0.4, 0.5) is 4.39 Å². The van der Waals surface area contributed by atoms with Crippen LogP contribution in [0.3, 0.4) is 0 Å². The van der Waals surface area contributed by atoms with E-state index in [1.54, 1.807) is 37.3 Å². The first-order chi connectivity index (χ1) is 13.4. The van der Waals surface area contributed by atoms with Crippen LogP contribution < -0.4 is 9.47 Å². The zero-order chi connectivity index (χ0) is 20.1. The monoisotopic (exact) mass is 387 g/mol. The molecule has 5 nitrogen and oxygen atoms in total. The fourth-order valence-electron chi connectivity index (χ4n) is 3.42. The number of aliphatic hydroxyl groups excluding tert-OH is 1. The summed E-state index contributed by atoms with van der Waals surface area (Å²) in [4.78, 5) is 13.9. The number of hydrogen-bond donors (Lipinski definition) is 1. The standard InChI is InChI=1S/C22H26FNO4/c1-15(25)20-5-3-4-6-21(20)28-22(16(2)26)24-13-11-19(12-14-24)27-18-9-7-17(23)8-10-18/h3-10,16,19,22,26H,11-14H2,1-2H3. The lowest BCUT2D eigenvalue weighted by molar-refractivity contribution is -0.0759. The maximum absolute atomic E-state index is 13.0. The van der Waals surface area contributed by atoms with E-state index >= 15 is 0 Å². The van der Waals surface area contributed by atoms with E-state index in [1.807, 2.05) is 6.07 Å². The van der Waals surface area contributed by atoms with Crippen LogP contribution in [0.25, 0.3) is 0 Å². The summed E-state index contributed by atoms with van der Waals surface area (Å²) in [6, 6.07) is 13.1. The van der Waals surface area contributed by atoms with E-state index in [0.717, 1.165) is 12.8 Å². The van der Waals surface area contributed by atoms with Gasteiger partial charge in [0.05, 0.1) is 5.56 Å². The first kappa shape index (κ1) is 20.3. The molecule has 2 aromatic carbocycles. The molecule has 3 rings (SSSR count). The van der Waals surface area contributed by atoms with Crippen LogP contribution in [0.2, 0.25) is 0 Å². The van der Waals surface area contributed by atoms with Crippen LogP contribution in [0.1, 0.15) is 37.0 Å². The van der Waals surface area contributed by atoms with Gasteiger partial charge in [-0.15, -0.1) is 0 Å². The van der Waals surface area contributed by atoms with Gasteiger partial charge in [-0.25, -0.2) is 4.39 Å². The van der Waals surface area contributed by atoms with Crippen molar-refractivity contribution in [1.29, 1.82) is 0 Å². The highest BCUT2D eigenvalue weighted by atomic mass is 19.1. The summed E-state index contributed by atoms with van der Waals surface area (Å²) < 4.78 is 25.0. The quantitative estimate of drug-likeness (QED) is 0.735. The molecule has 0 bridgehead atoms. The molecule has 0 aromatic heterocycles. The third-order valence-electron chi connectivity index (χ3n) is 4.88. The molecule has 0 spiro atoms. The Kier molecular flexibility index (Phi) is 6.65. The highest BCUT2D eigenvalue weighted by molar-refractivity contribution is 5.96. The maximum atomic E-state index is 13.0. The highest BCUT2D eigenvalue weighted by Gasteiger charge is 2.31. The minimum Gasteiger partial charge on any atom is -0.490 e. The molecule has 1 N–H and O–H groups in total. The summed E-state index contributed by atoms with van der Waals surface area (Å²) in [7, 11) is 0. The fraction of sp³-hybridized carbons (Fsp3) is 0.409. The largest absolute Gasteiger partial charge is 0.490 e. The lowest BCUT2D eigenvalue weighted by Gasteiger charge is -2.38. The molecule has 0 radical (unpaired) electrons. The molecular weight excluding hydrogens is 361 g/mol. The van der Waals surface area contributed by atoms with E-state index in [-0.39, 0.29) is 17.7 Å². The Morgan fingerprint density at radius 1 is 1.14 bits per heavy atom. The lowest BCUT2D eigenvalue weighted by Crippen LogP contribution is -2.51. The van der Waals surface area contributed by atoms with Crippen molar-refractivity contribution < 1.29 is 23.8 Å². The number of carbonyl (C=O) groups is 1. The number of likely N-dealkylation sites (tertiary alicyclic amines) is 1. The van der Waals surface area contributed by atoms with Gasteiger partial charge in [-0.3, -0.25) is 9.69 Å². The summed E-state index contributed by atoms with van der Waals surface area (Å²) in [6.07, 6.45) is 0.277. The Morgan fingerprint density at radius 2 is 1.79 bits per heavy atom. The van der Waals surface area contributed by atoms with Crippen molar-refractivity contribution in [2.75, 3.05) is 13.1 Å². The second-order valence-corrected chi connectivity index (χ2v) is 7.11. The zero-order valence-electron chi connectivity index (χ0n) is 16.2. The minimum absolute atomic E-state index is 0.0286. The molecule has 0 aliphatic carbocycles. The third kappa shape index (κ3) is 5.09. The summed E-state index contributed by atoms with van der Waals surface area (Å²) in [5, 5.41) is 10.3. The minimum atomic E-state index is -0.727. The van der Waals surface area contributed by atoms with Crippen LogP contribution in [0.15, 0.2) is 48.5 Å². The number of aliphatic hydroxyl groups is 1. The smallest absolute Gasteiger partial charge is 0.178 e.